The summed E-state index contributed by atoms with van der Waals surface area (Å²) in [5.41, 5.74) is 1.81. The number of aliphatic imine (C=N–C) groups is 2. The van der Waals surface area contributed by atoms with Gasteiger partial charge in [0.25, 0.3) is 0 Å². The molecule has 1 aromatic heterocycles. The van der Waals surface area contributed by atoms with E-state index in [0.29, 0.717) is 34.6 Å². The van der Waals surface area contributed by atoms with Crippen LogP contribution in [-0.2, 0) is 4.74 Å². The summed E-state index contributed by atoms with van der Waals surface area (Å²) in [5.74, 6) is 1.52. The second-order valence-corrected chi connectivity index (χ2v) is 8.93. The summed E-state index contributed by atoms with van der Waals surface area (Å²) in [5, 5.41) is 13.8. The number of nitrogens with zero attached hydrogens (tertiary/aromatic N) is 4. The molecule has 0 fully saturated rings. The zero-order valence-electron chi connectivity index (χ0n) is 17.3. The molecule has 1 amide bonds. The molecule has 3 heterocycles. The van der Waals surface area contributed by atoms with Crippen molar-refractivity contribution < 1.29 is 14.6 Å². The first-order valence-corrected chi connectivity index (χ1v) is 10.4. The Morgan fingerprint density at radius 3 is 2.87 bits per heavy atom. The highest BCUT2D eigenvalue weighted by Crippen LogP contribution is 2.32. The van der Waals surface area contributed by atoms with Gasteiger partial charge in [-0.15, -0.1) is 0 Å². The molecule has 0 saturated carbocycles. The van der Waals surface area contributed by atoms with E-state index in [2.05, 4.69) is 15.3 Å². The smallest absolute Gasteiger partial charge is 0.413 e. The molecule has 0 unspecified atom stereocenters. The van der Waals surface area contributed by atoms with Gasteiger partial charge >= 0.3 is 6.09 Å². The topological polar surface area (TPSA) is 99.4 Å². The molecule has 0 aliphatic carbocycles. The highest BCUT2D eigenvalue weighted by Gasteiger charge is 2.29. The number of thiazole rings is 1. The number of para-hydroxylation sites is 1. The van der Waals surface area contributed by atoms with Crippen molar-refractivity contribution in [2.24, 2.45) is 9.98 Å². The van der Waals surface area contributed by atoms with Gasteiger partial charge < -0.3 is 14.7 Å². The van der Waals surface area contributed by atoms with E-state index in [1.54, 1.807) is 33.8 Å². The normalized spacial score (nSPS) is 15.9. The van der Waals surface area contributed by atoms with E-state index < -0.39 is 11.7 Å². The molecular weight excluding hydrogens is 402 g/mol. The van der Waals surface area contributed by atoms with Gasteiger partial charge in [-0.1, -0.05) is 23.5 Å². The number of aromatic nitrogens is 1. The van der Waals surface area contributed by atoms with Gasteiger partial charge in [0, 0.05) is 18.2 Å². The van der Waals surface area contributed by atoms with Crippen molar-refractivity contribution >= 4 is 45.7 Å². The highest BCUT2D eigenvalue weighted by molar-refractivity contribution is 7.16. The van der Waals surface area contributed by atoms with E-state index in [-0.39, 0.29) is 5.76 Å². The van der Waals surface area contributed by atoms with E-state index in [0.717, 1.165) is 17.1 Å². The standard InChI is InChI=1S/C21H23N5O3S/c1-12-17(30-19(23-12)25-20(28)29-21(2,3)4)15(27)11-16-24-14-8-6-5-7-13(14)18-22-9-10-26(16)18/h5-8,11,27H,9-10H2,1-4H3,(H,23,25,28)/b15-11-. The predicted molar refractivity (Wildman–Crippen MR) is 119 cm³/mol. The molecule has 0 saturated heterocycles. The van der Waals surface area contributed by atoms with Gasteiger partial charge in [0.2, 0.25) is 0 Å². The third-order valence-corrected chi connectivity index (χ3v) is 5.50. The molecule has 156 valence electrons. The van der Waals surface area contributed by atoms with Crippen LogP contribution in [0.15, 0.2) is 40.3 Å². The summed E-state index contributed by atoms with van der Waals surface area (Å²) in [6, 6.07) is 7.82. The monoisotopic (exact) mass is 425 g/mol. The number of benzene rings is 1. The van der Waals surface area contributed by atoms with Crippen molar-refractivity contribution in [1.29, 1.82) is 0 Å². The molecule has 2 aliphatic rings. The Labute approximate surface area is 178 Å². The van der Waals surface area contributed by atoms with Gasteiger partial charge in [0.15, 0.2) is 5.13 Å². The van der Waals surface area contributed by atoms with E-state index in [1.165, 1.54) is 11.3 Å². The number of nitrogens with one attached hydrogen (secondary N) is 1. The molecule has 0 radical (unpaired) electrons. The molecular formula is C21H23N5O3S. The summed E-state index contributed by atoms with van der Waals surface area (Å²) < 4.78 is 5.25. The lowest BCUT2D eigenvalue weighted by Gasteiger charge is -2.25. The largest absolute Gasteiger partial charge is 0.506 e. The summed E-state index contributed by atoms with van der Waals surface area (Å²) in [7, 11) is 0. The molecule has 0 atom stereocenters. The maximum atomic E-state index is 12.0. The van der Waals surface area contributed by atoms with Gasteiger partial charge in [-0.3, -0.25) is 10.3 Å². The Kier molecular flexibility index (Phi) is 5.07. The number of anilines is 1. The second-order valence-electron chi connectivity index (χ2n) is 7.93. The number of fused-ring (bicyclic) bond motifs is 3. The first-order chi connectivity index (χ1) is 14.2. The lowest BCUT2D eigenvalue weighted by Crippen LogP contribution is -2.36. The number of hydrogen-bond donors (Lipinski definition) is 2. The number of aryl methyl sites for hydroxylation is 1. The first kappa shape index (κ1) is 20.1. The maximum absolute atomic E-state index is 12.0. The van der Waals surface area contributed by atoms with E-state index in [9.17, 15) is 9.90 Å². The minimum atomic E-state index is -0.605. The van der Waals surface area contributed by atoms with Crippen LogP contribution in [0.4, 0.5) is 15.6 Å². The van der Waals surface area contributed by atoms with Crippen LogP contribution >= 0.6 is 11.3 Å². The summed E-state index contributed by atoms with van der Waals surface area (Å²) in [4.78, 5) is 28.2. The minimum absolute atomic E-state index is 0.0339. The summed E-state index contributed by atoms with van der Waals surface area (Å²) in [6.45, 7) is 8.53. The van der Waals surface area contributed by atoms with Crippen molar-refractivity contribution in [3.05, 3.63) is 46.5 Å². The molecule has 0 bridgehead atoms. The van der Waals surface area contributed by atoms with Crippen LogP contribution < -0.4 is 5.32 Å². The fourth-order valence-corrected chi connectivity index (χ4v) is 4.09. The SMILES string of the molecule is Cc1nc(NC(=O)OC(C)(C)C)sc1/C(O)=C/C1=Nc2ccccc2C2=NCCN12. The molecule has 1 aromatic carbocycles. The fourth-order valence-electron chi connectivity index (χ4n) is 3.22. The Morgan fingerprint density at radius 1 is 1.33 bits per heavy atom. The number of hydrogen-bond acceptors (Lipinski definition) is 8. The van der Waals surface area contributed by atoms with Crippen molar-refractivity contribution in [3.63, 3.8) is 0 Å². The molecule has 2 aliphatic heterocycles. The van der Waals surface area contributed by atoms with Gasteiger partial charge in [0.1, 0.15) is 23.0 Å². The number of amidine groups is 2. The predicted octanol–water partition coefficient (Wildman–Crippen LogP) is 4.50. The van der Waals surface area contributed by atoms with Gasteiger partial charge in [0.05, 0.1) is 22.8 Å². The number of carbonyl (C=O) groups is 1. The van der Waals surface area contributed by atoms with E-state index >= 15 is 0 Å². The lowest BCUT2D eigenvalue weighted by molar-refractivity contribution is 0.0636. The number of carbonyl (C=O) groups excluding carboxylic acids is 1. The second kappa shape index (κ2) is 7.56. The molecule has 8 nitrogen and oxygen atoms in total. The molecule has 9 heteroatoms. The van der Waals surface area contributed by atoms with Gasteiger partial charge in [-0.2, -0.15) is 0 Å². The van der Waals surface area contributed by atoms with E-state index in [4.69, 9.17) is 9.73 Å². The van der Waals surface area contributed by atoms with Crippen LogP contribution in [0.5, 0.6) is 0 Å². The number of rotatable bonds is 3. The number of amides is 1. The third-order valence-electron chi connectivity index (χ3n) is 4.40. The zero-order valence-corrected chi connectivity index (χ0v) is 18.1. The zero-order chi connectivity index (χ0) is 21.5. The van der Waals surface area contributed by atoms with E-state index in [1.807, 2.05) is 29.2 Å². The van der Waals surface area contributed by atoms with Gasteiger partial charge in [-0.05, 0) is 39.8 Å². The Morgan fingerprint density at radius 2 is 2.10 bits per heavy atom. The number of aliphatic hydroxyl groups excluding tert-OH is 1. The first-order valence-electron chi connectivity index (χ1n) is 9.60. The maximum Gasteiger partial charge on any atom is 0.413 e. The average molecular weight is 426 g/mol. The molecule has 2 aromatic rings. The summed E-state index contributed by atoms with van der Waals surface area (Å²) >= 11 is 1.18. The Bertz CT molecular complexity index is 1090. The number of aliphatic hydroxyl groups is 1. The highest BCUT2D eigenvalue weighted by atomic mass is 32.1. The molecule has 4 rings (SSSR count). The minimum Gasteiger partial charge on any atom is -0.506 e. The Hall–Kier alpha value is -3.20. The Balaban J connectivity index is 1.60. The van der Waals surface area contributed by atoms with Crippen molar-refractivity contribution in [3.8, 4) is 0 Å². The number of ether oxygens (including phenoxy) is 1. The van der Waals surface area contributed by atoms with Crippen molar-refractivity contribution in [2.75, 3.05) is 18.4 Å². The molecule has 30 heavy (non-hydrogen) atoms. The van der Waals surface area contributed by atoms with Crippen LogP contribution in [0.2, 0.25) is 0 Å². The average Bonchev–Trinajstić information content (AvgIpc) is 3.27. The van der Waals surface area contributed by atoms with Crippen molar-refractivity contribution in [2.45, 2.75) is 33.3 Å². The van der Waals surface area contributed by atoms with Crippen LogP contribution in [0.3, 0.4) is 0 Å². The van der Waals surface area contributed by atoms with Crippen LogP contribution in [0, 0.1) is 6.92 Å². The summed E-state index contributed by atoms with van der Waals surface area (Å²) in [6.07, 6.45) is 1.03. The van der Waals surface area contributed by atoms with Crippen LogP contribution in [0.1, 0.15) is 36.9 Å². The fraction of sp³-hybridized carbons (Fsp3) is 0.333. The molecule has 0 spiro atoms. The van der Waals surface area contributed by atoms with Gasteiger partial charge in [-0.25, -0.2) is 14.8 Å². The lowest BCUT2D eigenvalue weighted by atomic mass is 10.1. The van der Waals surface area contributed by atoms with Crippen molar-refractivity contribution in [1.82, 2.24) is 9.88 Å². The third kappa shape index (κ3) is 4.06. The van der Waals surface area contributed by atoms with Crippen LogP contribution in [0.25, 0.3) is 5.76 Å². The quantitative estimate of drug-likeness (QED) is 0.705. The van der Waals surface area contributed by atoms with Crippen LogP contribution in [-0.4, -0.2) is 51.4 Å². The molecule has 2 N–H and O–H groups in total.